The Labute approximate surface area is 230 Å². The average Bonchev–Trinajstić information content (AvgIpc) is 2.99. The summed E-state index contributed by atoms with van der Waals surface area (Å²) in [6.07, 6.45) is 1.55. The maximum Gasteiger partial charge on any atom is 0.195 e. The Kier molecular flexibility index (Phi) is 4.73. The molecule has 3 heterocycles. The highest BCUT2D eigenvalue weighted by Crippen LogP contribution is 2.62. The lowest BCUT2D eigenvalue weighted by Crippen LogP contribution is -2.39. The molecular weight excluding hydrogens is 498 g/mol. The Balaban J connectivity index is 1.49. The van der Waals surface area contributed by atoms with E-state index in [-0.39, 0.29) is 5.43 Å². The van der Waals surface area contributed by atoms with Gasteiger partial charge < -0.3 is 9.32 Å². The third-order valence-electron chi connectivity index (χ3n) is 8.09. The minimum Gasteiger partial charge on any atom is -0.464 e. The van der Waals surface area contributed by atoms with Crippen LogP contribution in [0.25, 0.3) is 11.0 Å². The fourth-order valence-electron chi connectivity index (χ4n) is 6.45. The van der Waals surface area contributed by atoms with Crippen LogP contribution in [0, 0.1) is 6.92 Å². The van der Waals surface area contributed by atoms with Gasteiger partial charge in [0.1, 0.15) is 5.58 Å². The highest BCUT2D eigenvalue weighted by atomic mass is 32.2. The first kappa shape index (κ1) is 22.4. The number of anilines is 3. The first-order valence-electron chi connectivity index (χ1n) is 13.1. The van der Waals surface area contributed by atoms with Crippen LogP contribution in [-0.2, 0) is 5.41 Å². The summed E-state index contributed by atoms with van der Waals surface area (Å²) in [4.78, 5) is 17.6. The Morgan fingerprint density at radius 3 is 1.82 bits per heavy atom. The third-order valence-corrected chi connectivity index (χ3v) is 9.24. The van der Waals surface area contributed by atoms with Gasteiger partial charge in [-0.1, -0.05) is 84.6 Å². The van der Waals surface area contributed by atoms with Crippen LogP contribution in [0.3, 0.4) is 0 Å². The van der Waals surface area contributed by atoms with E-state index in [2.05, 4.69) is 102 Å². The molecule has 39 heavy (non-hydrogen) atoms. The molecule has 5 aromatic carbocycles. The molecule has 8 rings (SSSR count). The van der Waals surface area contributed by atoms with Crippen LogP contribution >= 0.6 is 11.8 Å². The normalized spacial score (nSPS) is 14.4. The van der Waals surface area contributed by atoms with Crippen molar-refractivity contribution in [2.75, 3.05) is 4.90 Å². The van der Waals surface area contributed by atoms with Gasteiger partial charge >= 0.3 is 0 Å². The molecule has 0 amide bonds. The number of rotatable bonds is 1. The molecule has 3 nitrogen and oxygen atoms in total. The van der Waals surface area contributed by atoms with Crippen LogP contribution in [0.1, 0.15) is 27.8 Å². The lowest BCUT2D eigenvalue weighted by Gasteiger charge is -2.48. The number of fused-ring (bicyclic) bond motifs is 9. The molecule has 4 heteroatoms. The highest BCUT2D eigenvalue weighted by molar-refractivity contribution is 7.99. The van der Waals surface area contributed by atoms with Crippen LogP contribution in [0.5, 0.6) is 0 Å². The van der Waals surface area contributed by atoms with Gasteiger partial charge in [-0.25, -0.2) is 0 Å². The highest BCUT2D eigenvalue weighted by Gasteiger charge is 2.50. The fraction of sp³-hybridized carbons (Fsp3) is 0.0571. The van der Waals surface area contributed by atoms with Crippen LogP contribution in [-0.4, -0.2) is 0 Å². The SMILES string of the molecule is Cc1coc2cc(N3c4ccccc4C4(c5ccccc5Sc5ccccc54)c4ccccc43)ccc2c1=O. The van der Waals surface area contributed by atoms with E-state index in [4.69, 9.17) is 4.42 Å². The Morgan fingerprint density at radius 2 is 1.21 bits per heavy atom. The summed E-state index contributed by atoms with van der Waals surface area (Å²) < 4.78 is 5.90. The first-order valence-corrected chi connectivity index (χ1v) is 13.9. The van der Waals surface area contributed by atoms with E-state index >= 15 is 0 Å². The molecular formula is C35H23NO2S. The van der Waals surface area contributed by atoms with Gasteiger partial charge in [0.2, 0.25) is 0 Å². The van der Waals surface area contributed by atoms with Crippen LogP contribution in [0.2, 0.25) is 0 Å². The molecule has 0 saturated carbocycles. The summed E-state index contributed by atoms with van der Waals surface area (Å²) in [6, 6.07) is 41.0. The van der Waals surface area contributed by atoms with Crippen molar-refractivity contribution in [1.82, 2.24) is 0 Å². The predicted molar refractivity (Wildman–Crippen MR) is 158 cm³/mol. The Bertz CT molecular complexity index is 1910. The maximum absolute atomic E-state index is 12.8. The standard InChI is InChI=1S/C35H23NO2S/c1-22-21-38-31-20-23(18-19-24(31)34(22)37)36-29-14-6-2-10-25(29)35(26-11-3-7-15-30(26)36)27-12-4-8-16-32(27)39-33-17-9-5-13-28(33)35/h2-21H,1H3. The van der Waals surface area contributed by atoms with Gasteiger partial charge in [0.25, 0.3) is 0 Å². The lowest BCUT2D eigenvalue weighted by molar-refractivity contribution is 0.597. The van der Waals surface area contributed by atoms with Crippen molar-refractivity contribution < 1.29 is 4.42 Å². The summed E-state index contributed by atoms with van der Waals surface area (Å²) in [5.74, 6) is 0. The van der Waals surface area contributed by atoms with Gasteiger partial charge in [-0.3, -0.25) is 4.79 Å². The monoisotopic (exact) mass is 521 g/mol. The largest absolute Gasteiger partial charge is 0.464 e. The summed E-state index contributed by atoms with van der Waals surface area (Å²) in [5, 5.41) is 0.598. The summed E-state index contributed by atoms with van der Waals surface area (Å²) in [6.45, 7) is 1.79. The van der Waals surface area contributed by atoms with Gasteiger partial charge in [-0.15, -0.1) is 0 Å². The van der Waals surface area contributed by atoms with Gasteiger partial charge in [-0.2, -0.15) is 0 Å². The van der Waals surface area contributed by atoms with Crippen molar-refractivity contribution in [3.63, 3.8) is 0 Å². The van der Waals surface area contributed by atoms with E-state index in [0.29, 0.717) is 16.5 Å². The molecule has 0 N–H and O–H groups in total. The van der Waals surface area contributed by atoms with Crippen molar-refractivity contribution in [1.29, 1.82) is 0 Å². The minimum absolute atomic E-state index is 0.00844. The molecule has 0 radical (unpaired) electrons. The molecule has 186 valence electrons. The van der Waals surface area contributed by atoms with Crippen molar-refractivity contribution in [3.05, 3.63) is 160 Å². The zero-order valence-corrected chi connectivity index (χ0v) is 22.0. The molecule has 2 aliphatic rings. The van der Waals surface area contributed by atoms with E-state index in [0.717, 1.165) is 17.1 Å². The van der Waals surface area contributed by atoms with Crippen LogP contribution < -0.4 is 10.3 Å². The molecule has 6 aromatic rings. The number of nitrogens with zero attached hydrogens (tertiary/aromatic N) is 1. The van der Waals surface area contributed by atoms with Crippen molar-refractivity contribution >= 4 is 39.8 Å². The summed E-state index contributed by atoms with van der Waals surface area (Å²) in [7, 11) is 0. The van der Waals surface area contributed by atoms with Crippen molar-refractivity contribution in [3.8, 4) is 0 Å². The number of aryl methyl sites for hydroxylation is 1. The van der Waals surface area contributed by atoms with E-state index in [1.165, 1.54) is 32.0 Å². The predicted octanol–water partition coefficient (Wildman–Crippen LogP) is 8.73. The molecule has 0 fully saturated rings. The molecule has 0 saturated heterocycles. The maximum atomic E-state index is 12.8. The number of para-hydroxylation sites is 2. The second-order valence-electron chi connectivity index (χ2n) is 10.1. The lowest BCUT2D eigenvalue weighted by atomic mass is 9.62. The molecule has 2 aliphatic heterocycles. The molecule has 0 unspecified atom stereocenters. The van der Waals surface area contributed by atoms with Gasteiger partial charge in [0.15, 0.2) is 5.43 Å². The number of hydrogen-bond acceptors (Lipinski definition) is 4. The number of hydrogen-bond donors (Lipinski definition) is 0. The molecule has 0 aliphatic carbocycles. The molecule has 1 aromatic heterocycles. The van der Waals surface area contributed by atoms with Crippen molar-refractivity contribution in [2.45, 2.75) is 22.1 Å². The molecule has 1 spiro atoms. The zero-order chi connectivity index (χ0) is 26.1. The quantitative estimate of drug-likeness (QED) is 0.216. The van der Waals surface area contributed by atoms with Gasteiger partial charge in [0, 0.05) is 27.1 Å². The average molecular weight is 522 g/mol. The van der Waals surface area contributed by atoms with Crippen LogP contribution in [0.4, 0.5) is 17.1 Å². The topological polar surface area (TPSA) is 33.5 Å². The van der Waals surface area contributed by atoms with Crippen LogP contribution in [0.15, 0.2) is 141 Å². The first-order chi connectivity index (χ1) is 19.2. The van der Waals surface area contributed by atoms with E-state index < -0.39 is 5.41 Å². The second kappa shape index (κ2) is 8.23. The Morgan fingerprint density at radius 1 is 0.667 bits per heavy atom. The third kappa shape index (κ3) is 2.98. The van der Waals surface area contributed by atoms with Crippen molar-refractivity contribution in [2.24, 2.45) is 0 Å². The van der Waals surface area contributed by atoms with E-state index in [1.54, 1.807) is 13.2 Å². The second-order valence-corrected chi connectivity index (χ2v) is 11.2. The summed E-state index contributed by atoms with van der Waals surface area (Å²) in [5.41, 5.74) is 8.97. The molecule has 0 bridgehead atoms. The molecule has 0 atom stereocenters. The smallest absolute Gasteiger partial charge is 0.195 e. The van der Waals surface area contributed by atoms with E-state index in [1.807, 2.05) is 30.0 Å². The Hall–Kier alpha value is -4.54. The number of benzene rings is 5. The fourth-order valence-corrected chi connectivity index (χ4v) is 7.64. The van der Waals surface area contributed by atoms with Gasteiger partial charge in [0.05, 0.1) is 28.4 Å². The minimum atomic E-state index is -0.470. The summed E-state index contributed by atoms with van der Waals surface area (Å²) >= 11 is 1.84. The van der Waals surface area contributed by atoms with E-state index in [9.17, 15) is 4.79 Å². The van der Waals surface area contributed by atoms with Gasteiger partial charge in [-0.05, 0) is 65.6 Å². The zero-order valence-electron chi connectivity index (χ0n) is 21.2.